The predicted octanol–water partition coefficient (Wildman–Crippen LogP) is 4.33. The van der Waals surface area contributed by atoms with E-state index >= 15 is 0 Å². The summed E-state index contributed by atoms with van der Waals surface area (Å²) in [6.45, 7) is 6.68. The zero-order chi connectivity index (χ0) is 25.0. The van der Waals surface area contributed by atoms with Crippen LogP contribution in [0.25, 0.3) is 0 Å². The fraction of sp³-hybridized carbons (Fsp3) is 0.560. The molecule has 1 aliphatic rings. The number of hydrogen-bond donors (Lipinski definition) is 1. The van der Waals surface area contributed by atoms with Crippen LogP contribution in [0.15, 0.2) is 35.6 Å². The summed E-state index contributed by atoms with van der Waals surface area (Å²) in [4.78, 5) is 42.2. The molecule has 1 atom stereocenters. The minimum Gasteiger partial charge on any atom is -0.353 e. The Morgan fingerprint density at radius 2 is 2.00 bits per heavy atom. The highest BCUT2D eigenvalue weighted by molar-refractivity contribution is 7.99. The van der Waals surface area contributed by atoms with Gasteiger partial charge in [0.2, 0.25) is 11.8 Å². The van der Waals surface area contributed by atoms with E-state index in [-0.39, 0.29) is 23.6 Å². The zero-order valence-electron chi connectivity index (χ0n) is 20.6. The lowest BCUT2D eigenvalue weighted by Crippen LogP contribution is -2.54. The van der Waals surface area contributed by atoms with Crippen molar-refractivity contribution < 1.29 is 9.59 Å². The predicted molar refractivity (Wildman–Crippen MR) is 141 cm³/mol. The normalized spacial score (nSPS) is 15.8. The standard InChI is InChI=1S/C25H35ClN6O2S/c1-3-4-5-6-7-11-24(34)32-14-13-31(17-19(32)2)22-15-21(26)29-25(30-22)35-18-23(33)28-16-20-10-8-9-12-27-20/h8-10,12,15,19H,3-7,11,13-14,16-18H2,1-2H3,(H,28,33). The maximum atomic E-state index is 12.7. The first kappa shape index (κ1) is 27.2. The SMILES string of the molecule is CCCCCCCC(=O)N1CCN(c2cc(Cl)nc(SCC(=O)NCc3ccccn3)n2)CC1C. The Morgan fingerprint density at radius 1 is 1.17 bits per heavy atom. The van der Waals surface area contributed by atoms with Gasteiger partial charge < -0.3 is 15.1 Å². The number of amides is 2. The van der Waals surface area contributed by atoms with Crippen molar-refractivity contribution in [1.29, 1.82) is 0 Å². The lowest BCUT2D eigenvalue weighted by atomic mass is 10.1. The topological polar surface area (TPSA) is 91.3 Å². The molecule has 0 spiro atoms. The molecule has 190 valence electrons. The quantitative estimate of drug-likeness (QED) is 0.193. The van der Waals surface area contributed by atoms with Crippen LogP contribution in [0.4, 0.5) is 5.82 Å². The van der Waals surface area contributed by atoms with Gasteiger partial charge in [-0.3, -0.25) is 14.6 Å². The second-order valence-corrected chi connectivity index (χ2v) is 10.1. The average molecular weight is 519 g/mol. The van der Waals surface area contributed by atoms with Gasteiger partial charge >= 0.3 is 0 Å². The van der Waals surface area contributed by atoms with E-state index in [4.69, 9.17) is 11.6 Å². The first-order valence-electron chi connectivity index (χ1n) is 12.3. The highest BCUT2D eigenvalue weighted by atomic mass is 35.5. The van der Waals surface area contributed by atoms with E-state index in [0.717, 1.165) is 24.4 Å². The molecule has 10 heteroatoms. The maximum Gasteiger partial charge on any atom is 0.230 e. The summed E-state index contributed by atoms with van der Waals surface area (Å²) in [5.74, 6) is 1.02. The second kappa shape index (κ2) is 14.2. The monoisotopic (exact) mass is 518 g/mol. The van der Waals surface area contributed by atoms with Crippen LogP contribution in [0, 0.1) is 0 Å². The Hall–Kier alpha value is -2.39. The van der Waals surface area contributed by atoms with Gasteiger partial charge in [-0.1, -0.05) is 62.0 Å². The van der Waals surface area contributed by atoms with Crippen LogP contribution in [-0.4, -0.2) is 63.1 Å². The number of unbranched alkanes of at least 4 members (excludes halogenated alkanes) is 4. The van der Waals surface area contributed by atoms with Crippen molar-refractivity contribution >= 4 is 41.0 Å². The van der Waals surface area contributed by atoms with E-state index < -0.39 is 0 Å². The summed E-state index contributed by atoms with van der Waals surface area (Å²) in [5, 5.41) is 3.64. The molecule has 8 nitrogen and oxygen atoms in total. The van der Waals surface area contributed by atoms with Crippen molar-refractivity contribution in [3.8, 4) is 0 Å². The first-order chi connectivity index (χ1) is 17.0. The number of carbonyl (C=O) groups is 2. The van der Waals surface area contributed by atoms with Crippen molar-refractivity contribution in [2.45, 2.75) is 70.1 Å². The number of halogens is 1. The molecule has 1 N–H and O–H groups in total. The Balaban J connectivity index is 1.48. The van der Waals surface area contributed by atoms with Crippen LogP contribution in [0.1, 0.15) is 58.1 Å². The molecule has 0 radical (unpaired) electrons. The number of carbonyl (C=O) groups excluding carboxylic acids is 2. The summed E-state index contributed by atoms with van der Waals surface area (Å²) >= 11 is 7.52. The summed E-state index contributed by atoms with van der Waals surface area (Å²) < 4.78 is 0. The van der Waals surface area contributed by atoms with Crippen molar-refractivity contribution in [2.24, 2.45) is 0 Å². The smallest absolute Gasteiger partial charge is 0.230 e. The summed E-state index contributed by atoms with van der Waals surface area (Å²) in [6, 6.07) is 7.42. The number of aromatic nitrogens is 3. The van der Waals surface area contributed by atoms with Crippen LogP contribution >= 0.6 is 23.4 Å². The molecule has 3 rings (SSSR count). The van der Waals surface area contributed by atoms with Crippen molar-refractivity contribution in [2.75, 3.05) is 30.3 Å². The molecule has 1 unspecified atom stereocenters. The third-order valence-electron chi connectivity index (χ3n) is 5.95. The Bertz CT molecular complexity index is 964. The number of thioether (sulfide) groups is 1. The number of rotatable bonds is 12. The van der Waals surface area contributed by atoms with Gasteiger partial charge in [-0.2, -0.15) is 0 Å². The highest BCUT2D eigenvalue weighted by Crippen LogP contribution is 2.24. The van der Waals surface area contributed by atoms with E-state index in [0.29, 0.717) is 42.9 Å². The molecule has 0 aromatic carbocycles. The minimum absolute atomic E-state index is 0.0918. The molecular weight excluding hydrogens is 484 g/mol. The van der Waals surface area contributed by atoms with Crippen molar-refractivity contribution in [3.05, 3.63) is 41.3 Å². The number of anilines is 1. The second-order valence-electron chi connectivity index (χ2n) is 8.76. The van der Waals surface area contributed by atoms with Crippen LogP contribution in [0.5, 0.6) is 0 Å². The van der Waals surface area contributed by atoms with Gasteiger partial charge in [-0.05, 0) is 25.5 Å². The van der Waals surface area contributed by atoms with Gasteiger partial charge in [0.25, 0.3) is 0 Å². The number of piperazine rings is 1. The Kier molecular flexibility index (Phi) is 11.1. The molecule has 3 heterocycles. The molecule has 1 saturated heterocycles. The Morgan fingerprint density at radius 3 is 2.74 bits per heavy atom. The van der Waals surface area contributed by atoms with E-state index in [1.165, 1.54) is 31.0 Å². The fourth-order valence-corrected chi connectivity index (χ4v) is 4.96. The molecule has 0 saturated carbocycles. The van der Waals surface area contributed by atoms with E-state index in [1.807, 2.05) is 23.1 Å². The molecule has 0 bridgehead atoms. The molecule has 2 aromatic heterocycles. The van der Waals surface area contributed by atoms with Crippen LogP contribution in [0.3, 0.4) is 0 Å². The fourth-order valence-electron chi connectivity index (χ4n) is 4.04. The average Bonchev–Trinajstić information content (AvgIpc) is 2.86. The third kappa shape index (κ3) is 8.96. The summed E-state index contributed by atoms with van der Waals surface area (Å²) in [5.41, 5.74) is 0.801. The van der Waals surface area contributed by atoms with E-state index in [9.17, 15) is 9.59 Å². The lowest BCUT2D eigenvalue weighted by Gasteiger charge is -2.40. The van der Waals surface area contributed by atoms with E-state index in [2.05, 4.69) is 39.0 Å². The van der Waals surface area contributed by atoms with Crippen LogP contribution in [-0.2, 0) is 16.1 Å². The van der Waals surface area contributed by atoms with Gasteiger partial charge in [-0.15, -0.1) is 0 Å². The molecular formula is C25H35ClN6O2S. The highest BCUT2D eigenvalue weighted by Gasteiger charge is 2.28. The van der Waals surface area contributed by atoms with Gasteiger partial charge in [0.1, 0.15) is 11.0 Å². The number of nitrogens with zero attached hydrogens (tertiary/aromatic N) is 5. The lowest BCUT2D eigenvalue weighted by molar-refractivity contribution is -0.133. The van der Waals surface area contributed by atoms with E-state index in [1.54, 1.807) is 12.3 Å². The minimum atomic E-state index is -0.124. The molecule has 1 aliphatic heterocycles. The first-order valence-corrected chi connectivity index (χ1v) is 13.7. The number of nitrogens with one attached hydrogen (secondary N) is 1. The molecule has 0 aliphatic carbocycles. The van der Waals surface area contributed by atoms with Gasteiger partial charge in [0.05, 0.1) is 18.0 Å². The van der Waals surface area contributed by atoms with Gasteiger partial charge in [0, 0.05) is 44.4 Å². The van der Waals surface area contributed by atoms with Gasteiger partial charge in [0.15, 0.2) is 5.16 Å². The zero-order valence-corrected chi connectivity index (χ0v) is 22.2. The number of hydrogen-bond acceptors (Lipinski definition) is 7. The molecule has 2 amide bonds. The molecule has 2 aromatic rings. The summed E-state index contributed by atoms with van der Waals surface area (Å²) in [7, 11) is 0. The third-order valence-corrected chi connectivity index (χ3v) is 6.99. The van der Waals surface area contributed by atoms with Crippen LogP contribution < -0.4 is 10.2 Å². The molecule has 1 fully saturated rings. The maximum absolute atomic E-state index is 12.7. The largest absolute Gasteiger partial charge is 0.353 e. The van der Waals surface area contributed by atoms with Gasteiger partial charge in [-0.25, -0.2) is 9.97 Å². The summed E-state index contributed by atoms with van der Waals surface area (Å²) in [6.07, 6.45) is 8.05. The Labute approximate surface area is 217 Å². The van der Waals surface area contributed by atoms with Crippen molar-refractivity contribution in [3.63, 3.8) is 0 Å². The molecule has 35 heavy (non-hydrogen) atoms. The number of pyridine rings is 1. The van der Waals surface area contributed by atoms with Crippen LogP contribution in [0.2, 0.25) is 5.15 Å². The van der Waals surface area contributed by atoms with Crippen molar-refractivity contribution in [1.82, 2.24) is 25.2 Å².